The third-order valence-electron chi connectivity index (χ3n) is 4.19. The summed E-state index contributed by atoms with van der Waals surface area (Å²) < 4.78 is 0. The van der Waals surface area contributed by atoms with Gasteiger partial charge in [0.1, 0.15) is 26.2 Å². The molecule has 0 atom stereocenters. The molecule has 0 unspecified atom stereocenters. The number of rotatable bonds is 9. The third-order valence-corrected chi connectivity index (χ3v) is 4.19. The van der Waals surface area contributed by atoms with E-state index in [-0.39, 0.29) is 0 Å². The first-order chi connectivity index (χ1) is 8.33. The van der Waals surface area contributed by atoms with Crippen LogP contribution in [0, 0.1) is 0 Å². The normalized spacial score (nSPS) is 25.1. The standard InChI is InChI=1S/C15H32N2/c1-3-4-5-6-7-8-9-10-11-17-14-12-16(2)13-15-17/h3-15H2,1-2H3/p+2. The Hall–Kier alpha value is -0.0800. The molecule has 2 N–H and O–H groups in total. The molecule has 0 spiro atoms. The van der Waals surface area contributed by atoms with E-state index < -0.39 is 0 Å². The number of unbranched alkanes of at least 4 members (excludes halogenated alkanes) is 7. The lowest BCUT2D eigenvalue weighted by Crippen LogP contribution is -3.27. The first kappa shape index (κ1) is 15.0. The van der Waals surface area contributed by atoms with Gasteiger partial charge in [0.05, 0.1) is 13.6 Å². The Morgan fingerprint density at radius 1 is 0.706 bits per heavy atom. The highest BCUT2D eigenvalue weighted by molar-refractivity contribution is 4.46. The van der Waals surface area contributed by atoms with Crippen molar-refractivity contribution in [1.29, 1.82) is 0 Å². The third kappa shape index (κ3) is 7.77. The van der Waals surface area contributed by atoms with Gasteiger partial charge in [-0.15, -0.1) is 0 Å². The zero-order chi connectivity index (χ0) is 12.3. The molecular formula is C15H34N2+2. The molecule has 0 aliphatic carbocycles. The molecule has 0 saturated carbocycles. The lowest BCUT2D eigenvalue weighted by Gasteiger charge is -2.27. The lowest BCUT2D eigenvalue weighted by molar-refractivity contribution is -1.00. The molecule has 0 aromatic carbocycles. The van der Waals surface area contributed by atoms with Gasteiger partial charge < -0.3 is 9.80 Å². The Morgan fingerprint density at radius 3 is 1.82 bits per heavy atom. The summed E-state index contributed by atoms with van der Waals surface area (Å²) in [6.45, 7) is 9.30. The second-order valence-electron chi connectivity index (χ2n) is 5.93. The minimum atomic E-state index is 1.37. The largest absolute Gasteiger partial charge is 0.328 e. The monoisotopic (exact) mass is 242 g/mol. The highest BCUT2D eigenvalue weighted by Crippen LogP contribution is 2.07. The fourth-order valence-corrected chi connectivity index (χ4v) is 2.79. The van der Waals surface area contributed by atoms with Gasteiger partial charge in [0.25, 0.3) is 0 Å². The fraction of sp³-hybridized carbons (Fsp3) is 1.00. The van der Waals surface area contributed by atoms with Crippen LogP contribution in [0.25, 0.3) is 0 Å². The highest BCUT2D eigenvalue weighted by atomic mass is 15.2. The molecule has 2 nitrogen and oxygen atoms in total. The van der Waals surface area contributed by atoms with Gasteiger partial charge in [0.2, 0.25) is 0 Å². The van der Waals surface area contributed by atoms with Crippen LogP contribution in [-0.2, 0) is 0 Å². The molecule has 1 rings (SSSR count). The van der Waals surface area contributed by atoms with Gasteiger partial charge in [0, 0.05) is 0 Å². The maximum Gasteiger partial charge on any atom is 0.127 e. The van der Waals surface area contributed by atoms with Crippen LogP contribution in [0.1, 0.15) is 58.3 Å². The van der Waals surface area contributed by atoms with Crippen LogP contribution in [-0.4, -0.2) is 39.8 Å². The molecule has 0 bridgehead atoms. The van der Waals surface area contributed by atoms with Gasteiger partial charge in [-0.05, 0) is 12.8 Å². The number of likely N-dealkylation sites (N-methyl/N-ethyl adjacent to an activating group) is 1. The summed E-state index contributed by atoms with van der Waals surface area (Å²) in [5, 5.41) is 0. The maximum absolute atomic E-state index is 2.33. The van der Waals surface area contributed by atoms with Crippen LogP contribution in [0.15, 0.2) is 0 Å². The average molecular weight is 242 g/mol. The summed E-state index contributed by atoms with van der Waals surface area (Å²) in [6.07, 6.45) is 11.6. The number of hydrogen-bond donors (Lipinski definition) is 2. The quantitative estimate of drug-likeness (QED) is 0.546. The van der Waals surface area contributed by atoms with Crippen molar-refractivity contribution in [1.82, 2.24) is 0 Å². The van der Waals surface area contributed by atoms with Crippen molar-refractivity contribution in [3.63, 3.8) is 0 Å². The minimum absolute atomic E-state index is 1.37. The molecule has 2 heteroatoms. The van der Waals surface area contributed by atoms with Crippen molar-refractivity contribution < 1.29 is 9.80 Å². The van der Waals surface area contributed by atoms with E-state index in [2.05, 4.69) is 14.0 Å². The van der Waals surface area contributed by atoms with Crippen molar-refractivity contribution in [3.8, 4) is 0 Å². The molecule has 1 aliphatic heterocycles. The minimum Gasteiger partial charge on any atom is -0.328 e. The molecule has 102 valence electrons. The number of quaternary nitrogens is 2. The summed E-state index contributed by atoms with van der Waals surface area (Å²) in [4.78, 5) is 3.59. The molecule has 0 aromatic rings. The van der Waals surface area contributed by atoms with E-state index in [1.807, 2.05) is 4.90 Å². The van der Waals surface area contributed by atoms with E-state index in [1.54, 1.807) is 4.90 Å². The Bertz CT molecular complexity index is 162. The van der Waals surface area contributed by atoms with Crippen molar-refractivity contribution in [2.75, 3.05) is 39.8 Å². The van der Waals surface area contributed by atoms with Crippen LogP contribution in [0.4, 0.5) is 0 Å². The molecular weight excluding hydrogens is 208 g/mol. The number of nitrogens with one attached hydrogen (secondary N) is 2. The summed E-state index contributed by atoms with van der Waals surface area (Å²) in [5.41, 5.74) is 0. The predicted octanol–water partition coefficient (Wildman–Crippen LogP) is 0.540. The zero-order valence-electron chi connectivity index (χ0n) is 12.2. The van der Waals surface area contributed by atoms with E-state index in [1.165, 1.54) is 84.1 Å². The molecule has 0 radical (unpaired) electrons. The Labute approximate surface area is 108 Å². The fourth-order valence-electron chi connectivity index (χ4n) is 2.79. The zero-order valence-corrected chi connectivity index (χ0v) is 12.2. The molecule has 0 aromatic heterocycles. The van der Waals surface area contributed by atoms with Crippen LogP contribution < -0.4 is 9.80 Å². The second-order valence-corrected chi connectivity index (χ2v) is 5.93. The molecule has 1 heterocycles. The molecule has 17 heavy (non-hydrogen) atoms. The van der Waals surface area contributed by atoms with Crippen molar-refractivity contribution >= 4 is 0 Å². The van der Waals surface area contributed by atoms with E-state index in [4.69, 9.17) is 0 Å². The van der Waals surface area contributed by atoms with Gasteiger partial charge in [-0.1, -0.05) is 45.4 Å². The molecule has 1 fully saturated rings. The molecule has 0 amide bonds. The smallest absolute Gasteiger partial charge is 0.127 e. The summed E-state index contributed by atoms with van der Waals surface area (Å²) in [5.74, 6) is 0. The van der Waals surface area contributed by atoms with Crippen molar-refractivity contribution in [2.24, 2.45) is 0 Å². The highest BCUT2D eigenvalue weighted by Gasteiger charge is 2.18. The van der Waals surface area contributed by atoms with Crippen LogP contribution >= 0.6 is 0 Å². The van der Waals surface area contributed by atoms with E-state index in [0.717, 1.165) is 0 Å². The van der Waals surface area contributed by atoms with E-state index >= 15 is 0 Å². The second kappa shape index (κ2) is 9.90. The SMILES string of the molecule is CCCCCCCCCC[NH+]1CC[NH+](C)CC1. The Balaban J connectivity index is 1.81. The molecule has 1 saturated heterocycles. The lowest BCUT2D eigenvalue weighted by atomic mass is 10.1. The van der Waals surface area contributed by atoms with Gasteiger partial charge in [-0.3, -0.25) is 0 Å². The van der Waals surface area contributed by atoms with Gasteiger partial charge in [0.15, 0.2) is 0 Å². The first-order valence-corrected chi connectivity index (χ1v) is 7.97. The molecule has 1 aliphatic rings. The first-order valence-electron chi connectivity index (χ1n) is 7.97. The average Bonchev–Trinajstić information content (AvgIpc) is 2.35. The predicted molar refractivity (Wildman–Crippen MR) is 74.8 cm³/mol. The Morgan fingerprint density at radius 2 is 1.24 bits per heavy atom. The van der Waals surface area contributed by atoms with Crippen molar-refractivity contribution in [3.05, 3.63) is 0 Å². The van der Waals surface area contributed by atoms with E-state index in [9.17, 15) is 0 Å². The summed E-state index contributed by atoms with van der Waals surface area (Å²) in [7, 11) is 2.33. The van der Waals surface area contributed by atoms with Gasteiger partial charge in [-0.25, -0.2) is 0 Å². The van der Waals surface area contributed by atoms with Crippen LogP contribution in [0.5, 0.6) is 0 Å². The Kier molecular flexibility index (Phi) is 8.72. The number of piperazine rings is 1. The summed E-state index contributed by atoms with van der Waals surface area (Å²) in [6, 6.07) is 0. The van der Waals surface area contributed by atoms with Crippen LogP contribution in [0.3, 0.4) is 0 Å². The van der Waals surface area contributed by atoms with Gasteiger partial charge in [-0.2, -0.15) is 0 Å². The number of hydrogen-bond acceptors (Lipinski definition) is 0. The summed E-state index contributed by atoms with van der Waals surface area (Å²) >= 11 is 0. The van der Waals surface area contributed by atoms with Crippen LogP contribution in [0.2, 0.25) is 0 Å². The van der Waals surface area contributed by atoms with E-state index in [0.29, 0.717) is 0 Å². The van der Waals surface area contributed by atoms with Crippen molar-refractivity contribution in [2.45, 2.75) is 58.3 Å². The van der Waals surface area contributed by atoms with Gasteiger partial charge >= 0.3 is 0 Å². The topological polar surface area (TPSA) is 8.88 Å². The maximum atomic E-state index is 2.33.